The zero-order chi connectivity index (χ0) is 9.12. The predicted molar refractivity (Wildman–Crippen MR) is 47.9 cm³/mol. The van der Waals surface area contributed by atoms with Gasteiger partial charge in [-0.3, -0.25) is 0 Å². The van der Waals surface area contributed by atoms with E-state index in [1.807, 2.05) is 20.8 Å². The molecule has 0 bridgehead atoms. The summed E-state index contributed by atoms with van der Waals surface area (Å²) < 4.78 is 0. The normalized spacial score (nSPS) is 12.5. The molecule has 5 heteroatoms. The molecule has 0 atom stereocenters. The minimum absolute atomic E-state index is 0. The molecule has 0 fully saturated rings. The lowest BCUT2D eigenvalue weighted by molar-refractivity contribution is -0.00000548. The Morgan fingerprint density at radius 1 is 0.917 bits per heavy atom. The summed E-state index contributed by atoms with van der Waals surface area (Å²) in [4.78, 5) is 0. The van der Waals surface area contributed by atoms with Gasteiger partial charge in [0.25, 0.3) is 0 Å². The number of rotatable bonds is 3. The van der Waals surface area contributed by atoms with Crippen molar-refractivity contribution >= 4 is 7.26 Å². The molecule has 0 unspecified atom stereocenters. The van der Waals surface area contributed by atoms with Gasteiger partial charge >= 0.3 is 0 Å². The van der Waals surface area contributed by atoms with E-state index in [9.17, 15) is 0 Å². The van der Waals surface area contributed by atoms with Crippen LogP contribution < -0.4 is 12.4 Å². The first kappa shape index (κ1) is 15.1. The summed E-state index contributed by atoms with van der Waals surface area (Å²) in [6.45, 7) is 5.80. The fraction of sp³-hybridized carbons (Fsp3) is 1.00. The molecule has 0 spiro atoms. The lowest BCUT2D eigenvalue weighted by atomic mass is 10.3. The van der Waals surface area contributed by atoms with Gasteiger partial charge < -0.3 is 27.7 Å². The van der Waals surface area contributed by atoms with Crippen molar-refractivity contribution < 1.29 is 27.7 Å². The van der Waals surface area contributed by atoms with Crippen LogP contribution in [-0.2, 0) is 0 Å². The highest BCUT2D eigenvalue weighted by molar-refractivity contribution is 7.76. The Kier molecular flexibility index (Phi) is 6.73. The Labute approximate surface area is 80.5 Å². The van der Waals surface area contributed by atoms with Crippen LogP contribution in [-0.4, -0.2) is 39.5 Å². The van der Waals surface area contributed by atoms with Gasteiger partial charge in [-0.05, 0) is 20.8 Å². The summed E-state index contributed by atoms with van der Waals surface area (Å²) in [5.74, 6) is 0. The second kappa shape index (κ2) is 5.36. The third-order valence-electron chi connectivity index (χ3n) is 2.24. The number of aliphatic hydroxyl groups excluding tert-OH is 3. The molecule has 12 heavy (non-hydrogen) atoms. The minimum Gasteiger partial charge on any atom is -1.00 e. The van der Waals surface area contributed by atoms with Gasteiger partial charge in [0, 0.05) is 0 Å². The number of aliphatic hydroxyl groups is 3. The van der Waals surface area contributed by atoms with E-state index in [4.69, 9.17) is 15.3 Å². The maximum atomic E-state index is 9.04. The van der Waals surface area contributed by atoms with Gasteiger partial charge in [-0.2, -0.15) is 0 Å². The average Bonchev–Trinajstić information content (AvgIpc) is 1.90. The number of hydrogen-bond acceptors (Lipinski definition) is 3. The Morgan fingerprint density at radius 3 is 1.17 bits per heavy atom. The molecule has 0 aliphatic carbocycles. The first-order valence-electron chi connectivity index (χ1n) is 3.62. The van der Waals surface area contributed by atoms with Crippen LogP contribution >= 0.6 is 7.26 Å². The molecular weight excluding hydrogens is 199 g/mol. The van der Waals surface area contributed by atoms with E-state index in [1.54, 1.807) is 0 Å². The molecule has 3 N–H and O–H groups in total. The van der Waals surface area contributed by atoms with Crippen LogP contribution in [0.15, 0.2) is 0 Å². The molecule has 0 saturated carbocycles. The van der Waals surface area contributed by atoms with Crippen molar-refractivity contribution in [2.45, 2.75) is 25.9 Å². The fourth-order valence-electron chi connectivity index (χ4n) is 0.771. The van der Waals surface area contributed by atoms with E-state index < -0.39 is 7.26 Å². The molecule has 0 aromatic heterocycles. The fourth-order valence-corrected chi connectivity index (χ4v) is 2.31. The summed E-state index contributed by atoms with van der Waals surface area (Å²) in [5.41, 5.74) is 0. The van der Waals surface area contributed by atoms with Gasteiger partial charge in [-0.25, -0.2) is 0 Å². The topological polar surface area (TPSA) is 60.7 Å². The molecule has 0 aromatic rings. The molecule has 0 saturated heterocycles. The maximum absolute atomic E-state index is 9.04. The van der Waals surface area contributed by atoms with E-state index in [0.29, 0.717) is 0 Å². The van der Waals surface area contributed by atoms with Gasteiger partial charge in [0.2, 0.25) is 0 Å². The first-order valence-corrected chi connectivity index (χ1v) is 5.97. The molecule has 0 amide bonds. The van der Waals surface area contributed by atoms with Gasteiger partial charge in [-0.15, -0.1) is 0 Å². The highest BCUT2D eigenvalue weighted by atomic mass is 35.5. The Morgan fingerprint density at radius 2 is 1.17 bits per heavy atom. The van der Waals surface area contributed by atoms with Crippen molar-refractivity contribution in [2.75, 3.05) is 19.0 Å². The van der Waals surface area contributed by atoms with E-state index in [1.165, 1.54) is 0 Å². The highest BCUT2D eigenvalue weighted by Gasteiger charge is 2.48. The van der Waals surface area contributed by atoms with Crippen LogP contribution in [0.3, 0.4) is 0 Å². The SMILES string of the molecule is CC(C)(C)[P+](CO)(CO)CO.[Cl-]. The van der Waals surface area contributed by atoms with Crippen molar-refractivity contribution in [3.63, 3.8) is 0 Å². The highest BCUT2D eigenvalue weighted by Crippen LogP contribution is 2.66. The summed E-state index contributed by atoms with van der Waals surface area (Å²) in [5, 5.41) is 26.9. The predicted octanol–water partition coefficient (Wildman–Crippen LogP) is -2.34. The van der Waals surface area contributed by atoms with Crippen molar-refractivity contribution in [3.8, 4) is 0 Å². The number of hydrogen-bond donors (Lipinski definition) is 3. The summed E-state index contributed by atoms with van der Waals surface area (Å²) in [6.07, 6.45) is -0.240. The van der Waals surface area contributed by atoms with Crippen molar-refractivity contribution in [1.29, 1.82) is 0 Å². The van der Waals surface area contributed by atoms with E-state index in [0.717, 1.165) is 0 Å². The molecule has 0 radical (unpaired) electrons. The Hall–Kier alpha value is 0.600. The quantitative estimate of drug-likeness (QED) is 0.464. The molecular formula is C7H18ClO3P. The largest absolute Gasteiger partial charge is 1.00 e. The van der Waals surface area contributed by atoms with Crippen molar-refractivity contribution in [1.82, 2.24) is 0 Å². The molecule has 0 aromatic carbocycles. The van der Waals surface area contributed by atoms with Gasteiger partial charge in [0.15, 0.2) is 19.0 Å². The zero-order valence-electron chi connectivity index (χ0n) is 7.79. The first-order chi connectivity index (χ1) is 4.93. The minimum atomic E-state index is -1.96. The summed E-state index contributed by atoms with van der Waals surface area (Å²) in [7, 11) is -1.96. The Balaban J connectivity index is 0. The van der Waals surface area contributed by atoms with Crippen LogP contribution in [0.5, 0.6) is 0 Å². The third-order valence-corrected chi connectivity index (χ3v) is 6.71. The van der Waals surface area contributed by atoms with Crippen molar-refractivity contribution in [3.05, 3.63) is 0 Å². The lowest BCUT2D eigenvalue weighted by Gasteiger charge is -2.33. The van der Waals surface area contributed by atoms with Crippen LogP contribution in [0.25, 0.3) is 0 Å². The third kappa shape index (κ3) is 2.82. The Bertz CT molecular complexity index is 112. The van der Waals surface area contributed by atoms with Crippen molar-refractivity contribution in [2.24, 2.45) is 0 Å². The average molecular weight is 217 g/mol. The molecule has 0 heterocycles. The zero-order valence-corrected chi connectivity index (χ0v) is 9.44. The second-order valence-corrected chi connectivity index (χ2v) is 8.22. The van der Waals surface area contributed by atoms with Crippen LogP contribution in [0.4, 0.5) is 0 Å². The van der Waals surface area contributed by atoms with Gasteiger partial charge in [0.1, 0.15) is 0 Å². The van der Waals surface area contributed by atoms with Crippen LogP contribution in [0, 0.1) is 0 Å². The van der Waals surface area contributed by atoms with Gasteiger partial charge in [0.05, 0.1) is 12.4 Å². The molecule has 0 rings (SSSR count). The lowest BCUT2D eigenvalue weighted by Crippen LogP contribution is -3.00. The summed E-state index contributed by atoms with van der Waals surface area (Å²) in [6, 6.07) is 0. The smallest absolute Gasteiger partial charge is 0.159 e. The molecule has 3 nitrogen and oxygen atoms in total. The number of halogens is 1. The van der Waals surface area contributed by atoms with E-state index in [2.05, 4.69) is 0 Å². The van der Waals surface area contributed by atoms with Gasteiger partial charge in [-0.1, -0.05) is 0 Å². The molecule has 0 aliphatic rings. The second-order valence-electron chi connectivity index (χ2n) is 3.74. The van der Waals surface area contributed by atoms with Crippen LogP contribution in [0.1, 0.15) is 20.8 Å². The molecule has 76 valence electrons. The van der Waals surface area contributed by atoms with E-state index in [-0.39, 0.29) is 36.6 Å². The maximum Gasteiger partial charge on any atom is 0.159 e. The summed E-state index contributed by atoms with van der Waals surface area (Å²) >= 11 is 0. The molecule has 0 aliphatic heterocycles. The standard InChI is InChI=1S/C7H18O3P.ClH/c1-7(2,3)11(4-8,5-9)6-10;/h8-10H,4-6H2,1-3H3;1H/q+1;/p-1. The van der Waals surface area contributed by atoms with E-state index >= 15 is 0 Å². The monoisotopic (exact) mass is 216 g/mol. The van der Waals surface area contributed by atoms with Crippen LogP contribution in [0.2, 0.25) is 0 Å².